The molecule has 0 atom stereocenters. The Balaban J connectivity index is 1.56. The minimum atomic E-state index is -0.357. The fourth-order valence-electron chi connectivity index (χ4n) is 3.50. The van der Waals surface area contributed by atoms with Crippen molar-refractivity contribution in [1.29, 1.82) is 5.26 Å². The molecule has 0 aliphatic heterocycles. The summed E-state index contributed by atoms with van der Waals surface area (Å²) in [4.78, 5) is 16.9. The first-order valence-electron chi connectivity index (χ1n) is 9.26. The number of nitriles is 1. The number of benzene rings is 1. The predicted molar refractivity (Wildman–Crippen MR) is 106 cm³/mol. The van der Waals surface area contributed by atoms with Crippen LogP contribution in [0.3, 0.4) is 0 Å². The molecule has 1 aliphatic carbocycles. The SMILES string of the molecule is COc1cccc(NC(=O)COc2nc(-c3ccco3)c3c(c2C#N)CCC3)c1. The van der Waals surface area contributed by atoms with Gasteiger partial charge in [0.1, 0.15) is 23.1 Å². The zero-order valence-corrected chi connectivity index (χ0v) is 15.9. The van der Waals surface area contributed by atoms with Gasteiger partial charge in [-0.05, 0) is 54.7 Å². The van der Waals surface area contributed by atoms with Gasteiger partial charge in [0.15, 0.2) is 12.4 Å². The first kappa shape index (κ1) is 18.6. The van der Waals surface area contributed by atoms with Gasteiger partial charge in [0.2, 0.25) is 5.88 Å². The molecular weight excluding hydrogens is 370 g/mol. The number of pyridine rings is 1. The number of carbonyl (C=O) groups excluding carboxylic acids is 1. The fourth-order valence-corrected chi connectivity index (χ4v) is 3.50. The second kappa shape index (κ2) is 8.07. The van der Waals surface area contributed by atoms with E-state index >= 15 is 0 Å². The lowest BCUT2D eigenvalue weighted by molar-refractivity contribution is -0.118. The molecule has 146 valence electrons. The summed E-state index contributed by atoms with van der Waals surface area (Å²) < 4.78 is 16.3. The highest BCUT2D eigenvalue weighted by atomic mass is 16.5. The Bertz CT molecular complexity index is 1080. The van der Waals surface area contributed by atoms with Gasteiger partial charge in [-0.15, -0.1) is 0 Å². The summed E-state index contributed by atoms with van der Waals surface area (Å²) >= 11 is 0. The molecule has 3 aromatic rings. The smallest absolute Gasteiger partial charge is 0.262 e. The van der Waals surface area contributed by atoms with Crippen molar-refractivity contribution in [2.24, 2.45) is 0 Å². The van der Waals surface area contributed by atoms with Crippen LogP contribution in [0.5, 0.6) is 11.6 Å². The van der Waals surface area contributed by atoms with Crippen molar-refractivity contribution in [3.05, 3.63) is 59.4 Å². The molecule has 0 radical (unpaired) electrons. The summed E-state index contributed by atoms with van der Waals surface area (Å²) in [6, 6.07) is 12.8. The van der Waals surface area contributed by atoms with E-state index in [0.717, 1.165) is 30.4 Å². The van der Waals surface area contributed by atoms with E-state index < -0.39 is 0 Å². The maximum Gasteiger partial charge on any atom is 0.262 e. The van der Waals surface area contributed by atoms with E-state index in [1.165, 1.54) is 0 Å². The molecule has 0 fully saturated rings. The van der Waals surface area contributed by atoms with Crippen LogP contribution >= 0.6 is 0 Å². The lowest BCUT2D eigenvalue weighted by atomic mass is 10.0. The Morgan fingerprint density at radius 1 is 1.28 bits per heavy atom. The average Bonchev–Trinajstić information content (AvgIpc) is 3.43. The van der Waals surface area contributed by atoms with Gasteiger partial charge in [-0.3, -0.25) is 4.79 Å². The zero-order chi connectivity index (χ0) is 20.2. The Morgan fingerprint density at radius 3 is 2.90 bits per heavy atom. The highest BCUT2D eigenvalue weighted by molar-refractivity contribution is 5.92. The largest absolute Gasteiger partial charge is 0.497 e. The monoisotopic (exact) mass is 389 g/mol. The molecule has 7 nitrogen and oxygen atoms in total. The van der Waals surface area contributed by atoms with Gasteiger partial charge >= 0.3 is 0 Å². The number of fused-ring (bicyclic) bond motifs is 1. The van der Waals surface area contributed by atoms with E-state index in [-0.39, 0.29) is 18.4 Å². The van der Waals surface area contributed by atoms with Gasteiger partial charge in [0.25, 0.3) is 5.91 Å². The van der Waals surface area contributed by atoms with Crippen LogP contribution in [-0.4, -0.2) is 24.6 Å². The molecule has 0 unspecified atom stereocenters. The summed E-state index contributed by atoms with van der Waals surface area (Å²) in [5.74, 6) is 1.06. The molecule has 1 aliphatic rings. The van der Waals surface area contributed by atoms with Crippen LogP contribution in [-0.2, 0) is 17.6 Å². The summed E-state index contributed by atoms with van der Waals surface area (Å²) in [6.45, 7) is -0.269. The number of carbonyl (C=O) groups is 1. The number of rotatable bonds is 6. The molecule has 2 aromatic heterocycles. The van der Waals surface area contributed by atoms with E-state index in [1.54, 1.807) is 43.7 Å². The van der Waals surface area contributed by atoms with Crippen LogP contribution in [0.15, 0.2) is 47.1 Å². The lowest BCUT2D eigenvalue weighted by Crippen LogP contribution is -2.21. The Kier molecular flexibility index (Phi) is 5.16. The van der Waals surface area contributed by atoms with E-state index in [0.29, 0.717) is 28.5 Å². The number of methoxy groups -OCH3 is 1. The fraction of sp³-hybridized carbons (Fsp3) is 0.227. The lowest BCUT2D eigenvalue weighted by Gasteiger charge is -2.13. The van der Waals surface area contributed by atoms with Gasteiger partial charge < -0.3 is 19.2 Å². The molecule has 1 N–H and O–H groups in total. The molecule has 7 heteroatoms. The number of nitrogens with one attached hydrogen (secondary N) is 1. The molecule has 1 amide bonds. The Hall–Kier alpha value is -3.79. The Morgan fingerprint density at radius 2 is 2.14 bits per heavy atom. The highest BCUT2D eigenvalue weighted by Gasteiger charge is 2.26. The molecule has 0 saturated heterocycles. The van der Waals surface area contributed by atoms with E-state index in [4.69, 9.17) is 13.9 Å². The van der Waals surface area contributed by atoms with Crippen LogP contribution in [0.25, 0.3) is 11.5 Å². The highest BCUT2D eigenvalue weighted by Crippen LogP contribution is 2.37. The number of anilines is 1. The van der Waals surface area contributed by atoms with Crippen molar-refractivity contribution < 1.29 is 18.7 Å². The molecule has 0 saturated carbocycles. The third kappa shape index (κ3) is 3.78. The first-order chi connectivity index (χ1) is 14.2. The zero-order valence-electron chi connectivity index (χ0n) is 15.9. The van der Waals surface area contributed by atoms with Crippen LogP contribution in [0.4, 0.5) is 5.69 Å². The van der Waals surface area contributed by atoms with Crippen LogP contribution in [0.2, 0.25) is 0 Å². The second-order valence-corrected chi connectivity index (χ2v) is 6.61. The number of furan rings is 1. The maximum atomic E-state index is 12.3. The summed E-state index contributed by atoms with van der Waals surface area (Å²) in [5, 5.41) is 12.4. The molecular formula is C22H19N3O4. The number of hydrogen-bond acceptors (Lipinski definition) is 6. The van der Waals surface area contributed by atoms with Crippen molar-refractivity contribution in [3.8, 4) is 29.2 Å². The molecule has 0 spiro atoms. The van der Waals surface area contributed by atoms with E-state index in [2.05, 4.69) is 16.4 Å². The minimum absolute atomic E-state index is 0.153. The molecule has 4 rings (SSSR count). The number of nitrogens with zero attached hydrogens (tertiary/aromatic N) is 2. The first-order valence-corrected chi connectivity index (χ1v) is 9.26. The third-order valence-electron chi connectivity index (χ3n) is 4.79. The average molecular weight is 389 g/mol. The molecule has 2 heterocycles. The van der Waals surface area contributed by atoms with Gasteiger partial charge in [-0.1, -0.05) is 6.07 Å². The molecule has 29 heavy (non-hydrogen) atoms. The van der Waals surface area contributed by atoms with Crippen molar-refractivity contribution in [1.82, 2.24) is 4.98 Å². The third-order valence-corrected chi connectivity index (χ3v) is 4.79. The standard InChI is InChI=1S/C22H19N3O4/c1-27-15-6-2-5-14(11-15)24-20(26)13-29-22-18(12-23)16-7-3-8-17(16)21(25-22)19-9-4-10-28-19/h2,4-6,9-11H,3,7-8,13H2,1H3,(H,24,26). The number of ether oxygens (including phenoxy) is 2. The number of hydrogen-bond donors (Lipinski definition) is 1. The second-order valence-electron chi connectivity index (χ2n) is 6.61. The minimum Gasteiger partial charge on any atom is -0.497 e. The van der Waals surface area contributed by atoms with Gasteiger partial charge in [-0.2, -0.15) is 5.26 Å². The maximum absolute atomic E-state index is 12.3. The van der Waals surface area contributed by atoms with Crippen molar-refractivity contribution in [2.45, 2.75) is 19.3 Å². The van der Waals surface area contributed by atoms with Gasteiger partial charge in [-0.25, -0.2) is 4.98 Å². The van der Waals surface area contributed by atoms with Crippen LogP contribution < -0.4 is 14.8 Å². The van der Waals surface area contributed by atoms with Crippen LogP contribution in [0, 0.1) is 11.3 Å². The number of amides is 1. The topological polar surface area (TPSA) is 97.4 Å². The summed E-state index contributed by atoms with van der Waals surface area (Å²) in [6.07, 6.45) is 4.14. The van der Waals surface area contributed by atoms with E-state index in [1.807, 2.05) is 6.07 Å². The van der Waals surface area contributed by atoms with E-state index in [9.17, 15) is 10.1 Å². The molecule has 1 aromatic carbocycles. The normalized spacial score (nSPS) is 12.1. The number of aromatic nitrogens is 1. The summed E-state index contributed by atoms with van der Waals surface area (Å²) in [7, 11) is 1.56. The Labute approximate surface area is 167 Å². The molecule has 0 bridgehead atoms. The quantitative estimate of drug-likeness (QED) is 0.690. The summed E-state index contributed by atoms with van der Waals surface area (Å²) in [5.41, 5.74) is 3.60. The van der Waals surface area contributed by atoms with Gasteiger partial charge in [0, 0.05) is 11.8 Å². The predicted octanol–water partition coefficient (Wildman–Crippen LogP) is 3.73. The van der Waals surface area contributed by atoms with Crippen molar-refractivity contribution in [2.75, 3.05) is 19.0 Å². The van der Waals surface area contributed by atoms with Crippen LogP contribution in [0.1, 0.15) is 23.1 Å². The van der Waals surface area contributed by atoms with Gasteiger partial charge in [0.05, 0.1) is 13.4 Å². The van der Waals surface area contributed by atoms with Crippen molar-refractivity contribution >= 4 is 11.6 Å². The van der Waals surface area contributed by atoms with Crippen molar-refractivity contribution in [3.63, 3.8) is 0 Å².